The standard InChI is InChI=1S/C11H15FOSi/c1-14(2,3)13-9-8-10-4-6-11(12)7-5-10/h4-9H,1-3H3. The van der Waals surface area contributed by atoms with Gasteiger partial charge in [0.25, 0.3) is 0 Å². The van der Waals surface area contributed by atoms with Crippen LogP contribution in [0.2, 0.25) is 19.6 Å². The lowest BCUT2D eigenvalue weighted by Crippen LogP contribution is -2.21. The van der Waals surface area contributed by atoms with Gasteiger partial charge in [-0.05, 0) is 43.4 Å². The molecule has 0 saturated carbocycles. The second-order valence-corrected chi connectivity index (χ2v) is 8.54. The molecule has 1 nitrogen and oxygen atoms in total. The van der Waals surface area contributed by atoms with Crippen molar-refractivity contribution in [3.8, 4) is 0 Å². The van der Waals surface area contributed by atoms with Crippen molar-refractivity contribution in [2.45, 2.75) is 19.6 Å². The summed E-state index contributed by atoms with van der Waals surface area (Å²) in [5, 5.41) is 0. The zero-order valence-corrected chi connectivity index (χ0v) is 9.75. The van der Waals surface area contributed by atoms with E-state index < -0.39 is 8.32 Å². The van der Waals surface area contributed by atoms with E-state index in [9.17, 15) is 4.39 Å². The van der Waals surface area contributed by atoms with E-state index in [2.05, 4.69) is 19.6 Å². The minimum Gasteiger partial charge on any atom is -0.550 e. The molecule has 14 heavy (non-hydrogen) atoms. The molecule has 1 aromatic rings. The van der Waals surface area contributed by atoms with Crippen molar-refractivity contribution in [3.63, 3.8) is 0 Å². The van der Waals surface area contributed by atoms with Gasteiger partial charge in [-0.1, -0.05) is 12.1 Å². The number of halogens is 1. The van der Waals surface area contributed by atoms with E-state index >= 15 is 0 Å². The predicted octanol–water partition coefficient (Wildman–Crippen LogP) is 3.65. The highest BCUT2D eigenvalue weighted by Gasteiger charge is 2.12. The molecular formula is C11H15FOSi. The van der Waals surface area contributed by atoms with Crippen molar-refractivity contribution >= 4 is 14.4 Å². The minimum atomic E-state index is -1.48. The van der Waals surface area contributed by atoms with Crippen LogP contribution in [0.3, 0.4) is 0 Å². The summed E-state index contributed by atoms with van der Waals surface area (Å²) in [6.07, 6.45) is 3.54. The van der Waals surface area contributed by atoms with E-state index in [0.717, 1.165) is 5.56 Å². The maximum Gasteiger partial charge on any atom is 0.241 e. The summed E-state index contributed by atoms with van der Waals surface area (Å²) in [6, 6.07) is 6.32. The first kappa shape index (κ1) is 11.0. The van der Waals surface area contributed by atoms with Crippen LogP contribution >= 0.6 is 0 Å². The summed E-state index contributed by atoms with van der Waals surface area (Å²) < 4.78 is 18.1. The Balaban J connectivity index is 2.57. The molecule has 0 spiro atoms. The lowest BCUT2D eigenvalue weighted by Gasteiger charge is -2.14. The molecule has 0 heterocycles. The van der Waals surface area contributed by atoms with Gasteiger partial charge >= 0.3 is 0 Å². The van der Waals surface area contributed by atoms with Crippen LogP contribution in [0, 0.1) is 5.82 Å². The Morgan fingerprint density at radius 3 is 2.21 bits per heavy atom. The summed E-state index contributed by atoms with van der Waals surface area (Å²) in [5.41, 5.74) is 0.949. The van der Waals surface area contributed by atoms with Crippen LogP contribution in [0.25, 0.3) is 6.08 Å². The van der Waals surface area contributed by atoms with Crippen molar-refractivity contribution in [2.24, 2.45) is 0 Å². The van der Waals surface area contributed by atoms with Crippen molar-refractivity contribution in [1.82, 2.24) is 0 Å². The van der Waals surface area contributed by atoms with Gasteiger partial charge in [-0.3, -0.25) is 0 Å². The first-order valence-corrected chi connectivity index (χ1v) is 7.98. The monoisotopic (exact) mass is 210 g/mol. The largest absolute Gasteiger partial charge is 0.550 e. The van der Waals surface area contributed by atoms with E-state index in [0.29, 0.717) is 0 Å². The topological polar surface area (TPSA) is 9.23 Å². The van der Waals surface area contributed by atoms with Crippen LogP contribution in [0.15, 0.2) is 30.5 Å². The van der Waals surface area contributed by atoms with Gasteiger partial charge in [-0.25, -0.2) is 4.39 Å². The Morgan fingerprint density at radius 1 is 1.14 bits per heavy atom. The lowest BCUT2D eigenvalue weighted by molar-refractivity contribution is 0.483. The molecule has 76 valence electrons. The van der Waals surface area contributed by atoms with Gasteiger partial charge in [0.15, 0.2) is 0 Å². The lowest BCUT2D eigenvalue weighted by atomic mass is 10.2. The third-order valence-corrected chi connectivity index (χ3v) is 2.40. The molecule has 1 aromatic carbocycles. The Bertz CT molecular complexity index is 311. The quantitative estimate of drug-likeness (QED) is 0.546. The van der Waals surface area contributed by atoms with Crippen molar-refractivity contribution in [3.05, 3.63) is 41.9 Å². The second-order valence-electron chi connectivity index (χ2n) is 4.08. The molecular weight excluding hydrogens is 195 g/mol. The molecule has 0 fully saturated rings. The predicted molar refractivity (Wildman–Crippen MR) is 59.9 cm³/mol. The van der Waals surface area contributed by atoms with Crippen LogP contribution < -0.4 is 0 Å². The van der Waals surface area contributed by atoms with Gasteiger partial charge in [0.1, 0.15) is 5.82 Å². The average Bonchev–Trinajstić information content (AvgIpc) is 2.06. The number of hydrogen-bond acceptors (Lipinski definition) is 1. The Kier molecular flexibility index (Phi) is 3.47. The Labute approximate surface area is 85.3 Å². The first-order valence-electron chi connectivity index (χ1n) is 4.57. The molecule has 0 N–H and O–H groups in total. The third kappa shape index (κ3) is 4.23. The molecule has 0 bridgehead atoms. The highest BCUT2D eigenvalue weighted by molar-refractivity contribution is 6.69. The van der Waals surface area contributed by atoms with Crippen LogP contribution in [0.5, 0.6) is 0 Å². The molecule has 0 aliphatic heterocycles. The Morgan fingerprint density at radius 2 is 1.71 bits per heavy atom. The van der Waals surface area contributed by atoms with E-state index in [1.807, 2.05) is 6.08 Å². The van der Waals surface area contributed by atoms with Crippen molar-refractivity contribution in [1.29, 1.82) is 0 Å². The molecule has 1 rings (SSSR count). The fourth-order valence-corrected chi connectivity index (χ4v) is 1.37. The summed E-state index contributed by atoms with van der Waals surface area (Å²) in [5.74, 6) is -0.215. The van der Waals surface area contributed by atoms with E-state index in [1.54, 1.807) is 18.4 Å². The van der Waals surface area contributed by atoms with Crippen LogP contribution in [-0.4, -0.2) is 8.32 Å². The summed E-state index contributed by atoms with van der Waals surface area (Å²) in [6.45, 7) is 6.34. The highest BCUT2D eigenvalue weighted by Crippen LogP contribution is 2.07. The van der Waals surface area contributed by atoms with Gasteiger partial charge < -0.3 is 4.43 Å². The van der Waals surface area contributed by atoms with E-state index in [1.165, 1.54) is 12.1 Å². The number of benzene rings is 1. The highest BCUT2D eigenvalue weighted by atomic mass is 28.4. The summed E-state index contributed by atoms with van der Waals surface area (Å²) >= 11 is 0. The average molecular weight is 210 g/mol. The third-order valence-electron chi connectivity index (χ3n) is 1.55. The van der Waals surface area contributed by atoms with Crippen LogP contribution in [0.4, 0.5) is 4.39 Å². The molecule has 0 aliphatic rings. The van der Waals surface area contributed by atoms with Gasteiger partial charge in [-0.2, -0.15) is 0 Å². The van der Waals surface area contributed by atoms with Crippen molar-refractivity contribution < 1.29 is 8.82 Å². The molecule has 0 radical (unpaired) electrons. The fourth-order valence-electron chi connectivity index (χ4n) is 0.891. The first-order chi connectivity index (χ1) is 6.47. The van der Waals surface area contributed by atoms with E-state index in [-0.39, 0.29) is 5.82 Å². The number of hydrogen-bond donors (Lipinski definition) is 0. The summed E-state index contributed by atoms with van der Waals surface area (Å²) in [4.78, 5) is 0. The zero-order valence-electron chi connectivity index (χ0n) is 8.75. The summed E-state index contributed by atoms with van der Waals surface area (Å²) in [7, 11) is -1.48. The molecule has 0 saturated heterocycles. The minimum absolute atomic E-state index is 0.215. The van der Waals surface area contributed by atoms with Crippen molar-refractivity contribution in [2.75, 3.05) is 0 Å². The van der Waals surface area contributed by atoms with Gasteiger partial charge in [0.2, 0.25) is 8.32 Å². The molecule has 0 aromatic heterocycles. The number of rotatable bonds is 3. The van der Waals surface area contributed by atoms with Crippen LogP contribution in [0.1, 0.15) is 5.56 Å². The van der Waals surface area contributed by atoms with Gasteiger partial charge in [0, 0.05) is 0 Å². The second kappa shape index (κ2) is 4.42. The SMILES string of the molecule is C[Si](C)(C)OC=Cc1ccc(F)cc1. The van der Waals surface area contributed by atoms with Gasteiger partial charge in [0.05, 0.1) is 6.26 Å². The smallest absolute Gasteiger partial charge is 0.241 e. The maximum atomic E-state index is 12.5. The molecule has 0 aliphatic carbocycles. The van der Waals surface area contributed by atoms with Crippen LogP contribution in [-0.2, 0) is 4.43 Å². The fraction of sp³-hybridized carbons (Fsp3) is 0.273. The Hall–Kier alpha value is -1.09. The maximum absolute atomic E-state index is 12.5. The molecule has 0 atom stereocenters. The molecule has 0 unspecified atom stereocenters. The normalized spacial score (nSPS) is 12.0. The molecule has 3 heteroatoms. The van der Waals surface area contributed by atoms with E-state index in [4.69, 9.17) is 4.43 Å². The zero-order chi connectivity index (χ0) is 10.6. The van der Waals surface area contributed by atoms with Gasteiger partial charge in [-0.15, -0.1) is 0 Å². The molecule has 0 amide bonds.